The van der Waals surface area contributed by atoms with Crippen molar-refractivity contribution in [3.63, 3.8) is 0 Å². The van der Waals surface area contributed by atoms with Gasteiger partial charge in [-0.3, -0.25) is 9.98 Å². The highest BCUT2D eigenvalue weighted by atomic mass is 16.5. The second-order valence-electron chi connectivity index (χ2n) is 7.73. The Hall–Kier alpha value is -3.45. The van der Waals surface area contributed by atoms with Gasteiger partial charge in [0.05, 0.1) is 36.6 Å². The molecule has 3 aromatic rings. The lowest BCUT2D eigenvalue weighted by Gasteiger charge is -2.26. The Kier molecular flexibility index (Phi) is 6.13. The van der Waals surface area contributed by atoms with Gasteiger partial charge in [0, 0.05) is 60.5 Å². The van der Waals surface area contributed by atoms with Gasteiger partial charge in [0.1, 0.15) is 11.5 Å². The van der Waals surface area contributed by atoms with Crippen molar-refractivity contribution in [3.05, 3.63) is 54.4 Å². The molecule has 2 heterocycles. The summed E-state index contributed by atoms with van der Waals surface area (Å²) in [5.41, 5.74) is 5.26. The van der Waals surface area contributed by atoms with Crippen LogP contribution in [0.15, 0.2) is 53.7 Å². The molecular formula is C24H27N5O2. The number of nitrogens with zero attached hydrogens (tertiary/aromatic N) is 4. The van der Waals surface area contributed by atoms with E-state index >= 15 is 0 Å². The monoisotopic (exact) mass is 417 g/mol. The first kappa shape index (κ1) is 20.8. The lowest BCUT2D eigenvalue weighted by molar-refractivity contribution is 0.408. The van der Waals surface area contributed by atoms with Gasteiger partial charge < -0.3 is 20.1 Å². The third-order valence-electron chi connectivity index (χ3n) is 5.09. The fraction of sp³-hybridized carbons (Fsp3) is 0.292. The Morgan fingerprint density at radius 3 is 2.74 bits per heavy atom. The summed E-state index contributed by atoms with van der Waals surface area (Å²) in [5, 5.41) is 13.7. The number of aliphatic imine (C=N–C) groups is 1. The first-order valence-corrected chi connectivity index (χ1v) is 10.4. The predicted octanol–water partition coefficient (Wildman–Crippen LogP) is 3.95. The maximum absolute atomic E-state index is 10.2. The highest BCUT2D eigenvalue weighted by molar-refractivity contribution is 6.11. The van der Waals surface area contributed by atoms with Crippen molar-refractivity contribution in [1.82, 2.24) is 15.3 Å². The minimum Gasteiger partial charge on any atom is -0.508 e. The quantitative estimate of drug-likeness (QED) is 0.578. The zero-order valence-electron chi connectivity index (χ0n) is 18.0. The molecule has 0 atom stereocenters. The highest BCUT2D eigenvalue weighted by Gasteiger charge is 2.14. The zero-order chi connectivity index (χ0) is 21.8. The van der Waals surface area contributed by atoms with Crippen molar-refractivity contribution >= 4 is 34.2 Å². The average Bonchev–Trinajstić information content (AvgIpc) is 3.30. The zero-order valence-corrected chi connectivity index (χ0v) is 18.0. The molecule has 4 rings (SSSR count). The topological polar surface area (TPSA) is 82.9 Å². The number of methoxy groups -OCH3 is 1. The Balaban J connectivity index is 1.74. The van der Waals surface area contributed by atoms with Crippen LogP contribution in [0.25, 0.3) is 16.6 Å². The van der Waals surface area contributed by atoms with Gasteiger partial charge >= 0.3 is 0 Å². The summed E-state index contributed by atoms with van der Waals surface area (Å²) >= 11 is 0. The molecule has 2 aromatic carbocycles. The average molecular weight is 418 g/mol. The van der Waals surface area contributed by atoms with E-state index in [1.54, 1.807) is 25.4 Å². The molecule has 0 unspecified atom stereocenters. The molecule has 2 N–H and O–H groups in total. The lowest BCUT2D eigenvalue weighted by Crippen LogP contribution is -2.32. The van der Waals surface area contributed by atoms with E-state index in [0.717, 1.165) is 40.2 Å². The summed E-state index contributed by atoms with van der Waals surface area (Å²) < 4.78 is 5.36. The summed E-state index contributed by atoms with van der Waals surface area (Å²) in [6, 6.07) is 11.7. The Labute approximate surface area is 182 Å². The lowest BCUT2D eigenvalue weighted by atomic mass is 10.1. The molecule has 0 radical (unpaired) electrons. The number of hydrogen-bond acceptors (Lipinski definition) is 7. The number of aromatic nitrogens is 2. The smallest absolute Gasteiger partial charge is 0.124 e. The van der Waals surface area contributed by atoms with Gasteiger partial charge in [-0.05, 0) is 18.2 Å². The molecule has 7 heteroatoms. The minimum absolute atomic E-state index is 0.159. The number of aromatic hydroxyl groups is 1. The van der Waals surface area contributed by atoms with Crippen LogP contribution in [0.4, 0.5) is 11.4 Å². The molecule has 0 saturated carbocycles. The van der Waals surface area contributed by atoms with Crippen LogP contribution in [0.3, 0.4) is 0 Å². The number of benzene rings is 2. The number of phenols is 1. The fourth-order valence-corrected chi connectivity index (χ4v) is 3.55. The molecule has 0 saturated heterocycles. The summed E-state index contributed by atoms with van der Waals surface area (Å²) in [6.45, 7) is 6.42. The van der Waals surface area contributed by atoms with Gasteiger partial charge in [-0.15, -0.1) is 0 Å². The molecule has 0 amide bonds. The van der Waals surface area contributed by atoms with E-state index in [1.165, 1.54) is 0 Å². The summed E-state index contributed by atoms with van der Waals surface area (Å²) in [4.78, 5) is 15.8. The molecule has 0 fully saturated rings. The molecule has 0 bridgehead atoms. The van der Waals surface area contributed by atoms with Crippen molar-refractivity contribution in [2.24, 2.45) is 4.99 Å². The number of rotatable bonds is 8. The number of allylic oxidation sites excluding steroid dienone is 1. The van der Waals surface area contributed by atoms with E-state index in [2.05, 4.69) is 34.0 Å². The summed E-state index contributed by atoms with van der Waals surface area (Å²) in [5.74, 6) is 0.763. The Bertz CT molecular complexity index is 1140. The SMILES string of the molecule is COc1cc(O)cc(N(CCNC(C)C)c2ccc3ncc(C4=CCN=C4)nc3c2)c1. The van der Waals surface area contributed by atoms with Gasteiger partial charge in [0.25, 0.3) is 0 Å². The molecule has 0 spiro atoms. The normalized spacial score (nSPS) is 13.1. The van der Waals surface area contributed by atoms with Gasteiger partial charge in [0.15, 0.2) is 0 Å². The summed E-state index contributed by atoms with van der Waals surface area (Å²) in [7, 11) is 1.59. The third kappa shape index (κ3) is 4.83. The minimum atomic E-state index is 0.159. The number of fused-ring (bicyclic) bond motifs is 1. The highest BCUT2D eigenvalue weighted by Crippen LogP contribution is 2.33. The van der Waals surface area contributed by atoms with Crippen LogP contribution in [0.1, 0.15) is 19.5 Å². The number of hydrogen-bond donors (Lipinski definition) is 2. The van der Waals surface area contributed by atoms with Crippen LogP contribution < -0.4 is 15.0 Å². The van der Waals surface area contributed by atoms with Crippen LogP contribution in [0, 0.1) is 0 Å². The fourth-order valence-electron chi connectivity index (χ4n) is 3.55. The Morgan fingerprint density at radius 2 is 2.00 bits per heavy atom. The largest absolute Gasteiger partial charge is 0.508 e. The molecule has 31 heavy (non-hydrogen) atoms. The van der Waals surface area contributed by atoms with Gasteiger partial charge in [-0.2, -0.15) is 0 Å². The van der Waals surface area contributed by atoms with Crippen LogP contribution in [-0.2, 0) is 0 Å². The van der Waals surface area contributed by atoms with Crippen molar-refractivity contribution in [2.45, 2.75) is 19.9 Å². The summed E-state index contributed by atoms with van der Waals surface area (Å²) in [6.07, 6.45) is 5.67. The molecule has 1 aliphatic rings. The van der Waals surface area contributed by atoms with E-state index in [9.17, 15) is 5.11 Å². The van der Waals surface area contributed by atoms with Crippen LogP contribution in [0.5, 0.6) is 11.5 Å². The molecule has 7 nitrogen and oxygen atoms in total. The number of phenolic OH excluding ortho intramolecular Hbond substituents is 1. The molecule has 1 aromatic heterocycles. The van der Waals surface area contributed by atoms with E-state index in [-0.39, 0.29) is 5.75 Å². The van der Waals surface area contributed by atoms with Gasteiger partial charge in [-0.1, -0.05) is 19.9 Å². The number of nitrogens with one attached hydrogen (secondary N) is 1. The van der Waals surface area contributed by atoms with E-state index in [0.29, 0.717) is 24.9 Å². The van der Waals surface area contributed by atoms with Crippen LogP contribution in [0.2, 0.25) is 0 Å². The first-order chi connectivity index (χ1) is 15.0. The molecule has 1 aliphatic heterocycles. The molecular weight excluding hydrogens is 390 g/mol. The van der Waals surface area contributed by atoms with Crippen LogP contribution >= 0.6 is 0 Å². The van der Waals surface area contributed by atoms with Crippen LogP contribution in [-0.4, -0.2) is 54.1 Å². The van der Waals surface area contributed by atoms with Crippen molar-refractivity contribution in [1.29, 1.82) is 0 Å². The standard InChI is InChI=1S/C24H27N5O2/c1-16(2)26-8-9-29(19-10-20(30)13-21(11-19)31-3)18-4-5-22-23(12-18)28-24(15-27-22)17-6-7-25-14-17/h4-6,10-16,26,30H,7-9H2,1-3H3. The van der Waals surface area contributed by atoms with Crippen molar-refractivity contribution in [2.75, 3.05) is 31.6 Å². The molecule has 0 aliphatic carbocycles. The first-order valence-electron chi connectivity index (χ1n) is 10.4. The Morgan fingerprint density at radius 1 is 1.13 bits per heavy atom. The van der Waals surface area contributed by atoms with Gasteiger partial charge in [0.2, 0.25) is 0 Å². The third-order valence-corrected chi connectivity index (χ3v) is 5.09. The number of ether oxygens (including phenoxy) is 1. The molecule has 160 valence electrons. The predicted molar refractivity (Wildman–Crippen MR) is 126 cm³/mol. The van der Waals surface area contributed by atoms with E-state index < -0.39 is 0 Å². The van der Waals surface area contributed by atoms with Gasteiger partial charge in [-0.25, -0.2) is 4.98 Å². The maximum Gasteiger partial charge on any atom is 0.124 e. The second kappa shape index (κ2) is 9.14. The van der Waals surface area contributed by atoms with Crippen molar-refractivity contribution < 1.29 is 9.84 Å². The van der Waals surface area contributed by atoms with E-state index in [1.807, 2.05) is 36.6 Å². The van der Waals surface area contributed by atoms with E-state index in [4.69, 9.17) is 9.72 Å². The van der Waals surface area contributed by atoms with Crippen molar-refractivity contribution in [3.8, 4) is 11.5 Å². The number of anilines is 2. The second-order valence-corrected chi connectivity index (χ2v) is 7.73. The maximum atomic E-state index is 10.2.